The summed E-state index contributed by atoms with van der Waals surface area (Å²) in [4.78, 5) is 13.3. The van der Waals surface area contributed by atoms with E-state index in [1.807, 2.05) is 0 Å². The fraction of sp³-hybridized carbons (Fsp3) is 0.900. The molecule has 1 aliphatic rings. The summed E-state index contributed by atoms with van der Waals surface area (Å²) in [5, 5.41) is 9.26. The molecule has 0 radical (unpaired) electrons. The molecule has 88 valence electrons. The van der Waals surface area contributed by atoms with Crippen LogP contribution in [0.25, 0.3) is 0 Å². The normalized spacial score (nSPS) is 20.9. The van der Waals surface area contributed by atoms with Gasteiger partial charge in [-0.05, 0) is 12.8 Å². The summed E-state index contributed by atoms with van der Waals surface area (Å²) >= 11 is 0. The Hall–Kier alpha value is -0.650. The Morgan fingerprint density at radius 3 is 2.93 bits per heavy atom. The minimum atomic E-state index is -0.331. The van der Waals surface area contributed by atoms with E-state index < -0.39 is 0 Å². The molecule has 5 heteroatoms. The maximum absolute atomic E-state index is 11.6. The molecule has 3 N–H and O–H groups in total. The van der Waals surface area contributed by atoms with Gasteiger partial charge < -0.3 is 20.5 Å². The molecule has 0 saturated carbocycles. The van der Waals surface area contributed by atoms with Crippen LogP contribution >= 0.6 is 0 Å². The molecule has 1 unspecified atom stereocenters. The van der Waals surface area contributed by atoms with E-state index in [0.29, 0.717) is 45.7 Å². The predicted molar refractivity (Wildman–Crippen MR) is 56.3 cm³/mol. The second-order valence-electron chi connectivity index (χ2n) is 3.79. The van der Waals surface area contributed by atoms with Crippen molar-refractivity contribution >= 4 is 5.91 Å². The van der Waals surface area contributed by atoms with Crippen molar-refractivity contribution < 1.29 is 14.6 Å². The van der Waals surface area contributed by atoms with Gasteiger partial charge in [0, 0.05) is 32.7 Å². The summed E-state index contributed by atoms with van der Waals surface area (Å²) in [6.45, 7) is 2.83. The van der Waals surface area contributed by atoms with Gasteiger partial charge in [0.2, 0.25) is 5.91 Å². The highest BCUT2D eigenvalue weighted by Gasteiger charge is 2.23. The number of carbonyl (C=O) groups is 1. The molecule has 0 bridgehead atoms. The molecule has 1 aliphatic heterocycles. The van der Waals surface area contributed by atoms with E-state index in [0.717, 1.165) is 6.42 Å². The molecule has 15 heavy (non-hydrogen) atoms. The summed E-state index contributed by atoms with van der Waals surface area (Å²) in [5.41, 5.74) is 5.26. The van der Waals surface area contributed by atoms with Gasteiger partial charge in [0.1, 0.15) is 0 Å². The quantitative estimate of drug-likeness (QED) is 0.578. The molecule has 0 aromatic heterocycles. The highest BCUT2D eigenvalue weighted by atomic mass is 16.5. The summed E-state index contributed by atoms with van der Waals surface area (Å²) in [6.07, 6.45) is 1.60. The molecule has 5 nitrogen and oxygen atoms in total. The number of rotatable bonds is 6. The molecule has 1 saturated heterocycles. The molecule has 1 amide bonds. The van der Waals surface area contributed by atoms with Crippen LogP contribution in [0.15, 0.2) is 0 Å². The molecule has 1 fully saturated rings. The molecular weight excluding hydrogens is 196 g/mol. The first-order chi connectivity index (χ1) is 7.24. The number of nitrogens with zero attached hydrogens (tertiary/aromatic N) is 1. The van der Waals surface area contributed by atoms with Gasteiger partial charge in [-0.1, -0.05) is 0 Å². The zero-order chi connectivity index (χ0) is 11.1. The van der Waals surface area contributed by atoms with Gasteiger partial charge in [-0.3, -0.25) is 4.79 Å². The second-order valence-corrected chi connectivity index (χ2v) is 3.79. The Bertz CT molecular complexity index is 199. The largest absolute Gasteiger partial charge is 0.391 e. The predicted octanol–water partition coefficient (Wildman–Crippen LogP) is -0.665. The smallest absolute Gasteiger partial charge is 0.222 e. The molecule has 0 aromatic rings. The van der Waals surface area contributed by atoms with Crippen molar-refractivity contribution in [2.45, 2.75) is 25.4 Å². The lowest BCUT2D eigenvalue weighted by molar-refractivity contribution is -0.130. The number of β-amino-alcohol motifs (C(OH)–C–C–N with tert-alkyl or cyclic N) is 1. The molecular formula is C10H20N2O3. The van der Waals surface area contributed by atoms with Gasteiger partial charge in [-0.15, -0.1) is 0 Å². The SMILES string of the molecule is NCCOCCCC(=O)N1CCC(O)C1. The summed E-state index contributed by atoms with van der Waals surface area (Å²) in [5.74, 6) is 0.114. The topological polar surface area (TPSA) is 75.8 Å². The van der Waals surface area contributed by atoms with Gasteiger partial charge in [0.05, 0.1) is 12.7 Å². The minimum Gasteiger partial charge on any atom is -0.391 e. The van der Waals surface area contributed by atoms with Crippen LogP contribution in [0.1, 0.15) is 19.3 Å². The maximum atomic E-state index is 11.6. The van der Waals surface area contributed by atoms with Crippen LogP contribution in [0.5, 0.6) is 0 Å². The number of hydrogen-bond acceptors (Lipinski definition) is 4. The van der Waals surface area contributed by atoms with Crippen molar-refractivity contribution in [3.63, 3.8) is 0 Å². The average Bonchev–Trinajstić information content (AvgIpc) is 2.64. The Labute approximate surface area is 90.2 Å². The molecule has 0 spiro atoms. The molecule has 0 aliphatic carbocycles. The monoisotopic (exact) mass is 216 g/mol. The van der Waals surface area contributed by atoms with Crippen molar-refractivity contribution in [2.75, 3.05) is 32.8 Å². The van der Waals surface area contributed by atoms with E-state index in [9.17, 15) is 9.90 Å². The number of amides is 1. The van der Waals surface area contributed by atoms with Gasteiger partial charge in [-0.25, -0.2) is 0 Å². The first-order valence-electron chi connectivity index (χ1n) is 5.47. The van der Waals surface area contributed by atoms with Crippen LogP contribution < -0.4 is 5.73 Å². The van der Waals surface area contributed by atoms with Crippen molar-refractivity contribution in [1.82, 2.24) is 4.90 Å². The third-order valence-electron chi connectivity index (χ3n) is 2.46. The van der Waals surface area contributed by atoms with Crippen LogP contribution in [-0.4, -0.2) is 54.9 Å². The number of likely N-dealkylation sites (tertiary alicyclic amines) is 1. The van der Waals surface area contributed by atoms with E-state index in [4.69, 9.17) is 10.5 Å². The van der Waals surface area contributed by atoms with E-state index in [1.54, 1.807) is 4.90 Å². The van der Waals surface area contributed by atoms with Crippen LogP contribution in [0, 0.1) is 0 Å². The van der Waals surface area contributed by atoms with E-state index in [1.165, 1.54) is 0 Å². The highest BCUT2D eigenvalue weighted by molar-refractivity contribution is 5.76. The second kappa shape index (κ2) is 6.76. The van der Waals surface area contributed by atoms with Crippen molar-refractivity contribution in [2.24, 2.45) is 5.73 Å². The highest BCUT2D eigenvalue weighted by Crippen LogP contribution is 2.10. The minimum absolute atomic E-state index is 0.114. The van der Waals surface area contributed by atoms with Gasteiger partial charge in [-0.2, -0.15) is 0 Å². The molecule has 1 atom stereocenters. The van der Waals surface area contributed by atoms with E-state index >= 15 is 0 Å². The number of carbonyl (C=O) groups excluding carboxylic acids is 1. The number of ether oxygens (including phenoxy) is 1. The van der Waals surface area contributed by atoms with E-state index in [2.05, 4.69) is 0 Å². The van der Waals surface area contributed by atoms with Crippen LogP contribution in [-0.2, 0) is 9.53 Å². The third-order valence-corrected chi connectivity index (χ3v) is 2.46. The summed E-state index contributed by atoms with van der Waals surface area (Å²) < 4.78 is 5.17. The van der Waals surface area contributed by atoms with E-state index in [-0.39, 0.29) is 12.0 Å². The van der Waals surface area contributed by atoms with Gasteiger partial charge in [0.15, 0.2) is 0 Å². The van der Waals surface area contributed by atoms with Crippen LogP contribution in [0.3, 0.4) is 0 Å². The van der Waals surface area contributed by atoms with Crippen LogP contribution in [0.4, 0.5) is 0 Å². The number of hydrogen-bond donors (Lipinski definition) is 2. The fourth-order valence-electron chi connectivity index (χ4n) is 1.64. The third kappa shape index (κ3) is 4.59. The first kappa shape index (κ1) is 12.4. The summed E-state index contributed by atoms with van der Waals surface area (Å²) in [7, 11) is 0. The summed E-state index contributed by atoms with van der Waals surface area (Å²) in [6, 6.07) is 0. The van der Waals surface area contributed by atoms with Crippen molar-refractivity contribution in [3.8, 4) is 0 Å². The fourth-order valence-corrected chi connectivity index (χ4v) is 1.64. The number of nitrogens with two attached hydrogens (primary N) is 1. The Morgan fingerprint density at radius 1 is 1.53 bits per heavy atom. The van der Waals surface area contributed by atoms with Gasteiger partial charge in [0.25, 0.3) is 0 Å². The lowest BCUT2D eigenvalue weighted by Gasteiger charge is -2.15. The zero-order valence-corrected chi connectivity index (χ0v) is 9.02. The lowest BCUT2D eigenvalue weighted by atomic mass is 10.3. The first-order valence-corrected chi connectivity index (χ1v) is 5.47. The number of aliphatic hydroxyl groups is 1. The van der Waals surface area contributed by atoms with Crippen molar-refractivity contribution in [1.29, 1.82) is 0 Å². The standard InChI is InChI=1S/C10H20N2O3/c11-4-7-15-6-1-2-10(14)12-5-3-9(13)8-12/h9,13H,1-8,11H2. The average molecular weight is 216 g/mol. The van der Waals surface area contributed by atoms with Crippen molar-refractivity contribution in [3.05, 3.63) is 0 Å². The zero-order valence-electron chi connectivity index (χ0n) is 9.02. The molecule has 0 aromatic carbocycles. The Morgan fingerprint density at radius 2 is 2.33 bits per heavy atom. The Balaban J connectivity index is 2.03. The van der Waals surface area contributed by atoms with Gasteiger partial charge >= 0.3 is 0 Å². The van der Waals surface area contributed by atoms with Crippen LogP contribution in [0.2, 0.25) is 0 Å². The molecule has 1 heterocycles. The Kier molecular flexibility index (Phi) is 5.60. The maximum Gasteiger partial charge on any atom is 0.222 e. The molecule has 1 rings (SSSR count). The lowest BCUT2D eigenvalue weighted by Crippen LogP contribution is -2.29. The number of aliphatic hydroxyl groups excluding tert-OH is 1.